The minimum Gasteiger partial charge on any atom is -0.321 e. The molecule has 0 atom stereocenters. The van der Waals surface area contributed by atoms with Crippen molar-refractivity contribution >= 4 is 17.4 Å². The van der Waals surface area contributed by atoms with Gasteiger partial charge in [-0.15, -0.1) is 0 Å². The Morgan fingerprint density at radius 3 is 2.67 bits per heavy atom. The molecule has 0 saturated heterocycles. The van der Waals surface area contributed by atoms with Crippen LogP contribution in [0.15, 0.2) is 64.9 Å². The lowest BCUT2D eigenvalue weighted by Crippen LogP contribution is -2.39. The lowest BCUT2D eigenvalue weighted by Gasteiger charge is -2.16. The maximum atomic E-state index is 13.0. The molecule has 1 amide bonds. The largest absolute Gasteiger partial charge is 0.353 e. The number of carbonyl (C=O) groups excluding carboxylic acids is 1. The fraction of sp³-hybridized carbons (Fsp3) is 0.167. The molecule has 0 radical (unpaired) electrons. The molecule has 3 aromatic carbocycles. The predicted octanol–water partition coefficient (Wildman–Crippen LogP) is 2.92. The third-order valence-electron chi connectivity index (χ3n) is 5.28. The van der Waals surface area contributed by atoms with Crippen molar-refractivity contribution in [3.8, 4) is 11.1 Å². The summed E-state index contributed by atoms with van der Waals surface area (Å²) in [5, 5.41) is 16.0. The molecule has 0 aromatic heterocycles. The van der Waals surface area contributed by atoms with Gasteiger partial charge in [0.25, 0.3) is 5.91 Å². The molecular weight excluding hydrogens is 374 g/mol. The quantitative estimate of drug-likeness (QED) is 0.207. The fourth-order valence-electron chi connectivity index (χ4n) is 3.75. The Hall–Kier alpha value is -3.98. The SMILES string of the molecule is NN=NC(=[NH2+])c1ccc(-c2c#cccc2)cc1NC(=O)c1ccc2c(c1)CCCC2. The lowest BCUT2D eigenvalue weighted by molar-refractivity contribution is -0.114. The Morgan fingerprint density at radius 1 is 1.07 bits per heavy atom. The van der Waals surface area contributed by atoms with Gasteiger partial charge in [0, 0.05) is 16.4 Å². The summed E-state index contributed by atoms with van der Waals surface area (Å²) in [5.74, 6) is 5.07. The number of amides is 1. The number of fused-ring (bicyclic) bond motifs is 1. The highest BCUT2D eigenvalue weighted by Gasteiger charge is 2.19. The molecule has 0 heterocycles. The Labute approximate surface area is 175 Å². The number of aryl methyl sites for hydroxylation is 2. The van der Waals surface area contributed by atoms with Crippen LogP contribution in [0, 0.1) is 12.1 Å². The van der Waals surface area contributed by atoms with E-state index in [4.69, 9.17) is 11.3 Å². The van der Waals surface area contributed by atoms with Gasteiger partial charge in [-0.25, -0.2) is 0 Å². The van der Waals surface area contributed by atoms with Crippen LogP contribution >= 0.6 is 0 Å². The fourth-order valence-corrected chi connectivity index (χ4v) is 3.75. The number of carbonyl (C=O) groups is 1. The van der Waals surface area contributed by atoms with Gasteiger partial charge in [-0.05, 0) is 78.8 Å². The first kappa shape index (κ1) is 19.3. The van der Waals surface area contributed by atoms with Crippen molar-refractivity contribution in [1.29, 1.82) is 0 Å². The van der Waals surface area contributed by atoms with E-state index in [1.807, 2.05) is 36.4 Å². The molecule has 5 N–H and O–H groups in total. The van der Waals surface area contributed by atoms with Gasteiger partial charge >= 0.3 is 5.84 Å². The number of benzene rings is 2. The smallest absolute Gasteiger partial charge is 0.321 e. The second-order valence-corrected chi connectivity index (χ2v) is 7.21. The Bertz CT molecular complexity index is 1120. The topological polar surface area (TPSA) is 105 Å². The predicted molar refractivity (Wildman–Crippen MR) is 116 cm³/mol. The van der Waals surface area contributed by atoms with E-state index in [-0.39, 0.29) is 11.7 Å². The van der Waals surface area contributed by atoms with E-state index in [1.165, 1.54) is 17.5 Å². The second-order valence-electron chi connectivity index (χ2n) is 7.21. The molecule has 0 aliphatic heterocycles. The normalized spacial score (nSPS) is 12.8. The summed E-state index contributed by atoms with van der Waals surface area (Å²) in [7, 11) is 0. The van der Waals surface area contributed by atoms with Crippen LogP contribution in [-0.4, -0.2) is 11.7 Å². The summed E-state index contributed by atoms with van der Waals surface area (Å²) in [6.07, 6.45) is 4.44. The highest BCUT2D eigenvalue weighted by molar-refractivity contribution is 6.09. The van der Waals surface area contributed by atoms with Crippen LogP contribution in [0.2, 0.25) is 0 Å². The average molecular weight is 396 g/mol. The van der Waals surface area contributed by atoms with Gasteiger partial charge in [0.1, 0.15) is 0 Å². The van der Waals surface area contributed by atoms with E-state index >= 15 is 0 Å². The van der Waals surface area contributed by atoms with E-state index < -0.39 is 0 Å². The molecule has 148 valence electrons. The Balaban J connectivity index is 1.68. The number of hydrogen-bond donors (Lipinski definition) is 3. The first-order chi connectivity index (χ1) is 14.7. The van der Waals surface area contributed by atoms with Gasteiger partial charge in [-0.2, -0.15) is 0 Å². The molecule has 0 bridgehead atoms. The molecule has 3 aromatic rings. The summed E-state index contributed by atoms with van der Waals surface area (Å²) >= 11 is 0. The van der Waals surface area contributed by atoms with Crippen LogP contribution in [0.3, 0.4) is 0 Å². The molecule has 4 rings (SSSR count). The third kappa shape index (κ3) is 4.06. The first-order valence-corrected chi connectivity index (χ1v) is 9.85. The summed E-state index contributed by atoms with van der Waals surface area (Å²) in [6, 6.07) is 23.0. The number of anilines is 1. The summed E-state index contributed by atoms with van der Waals surface area (Å²) in [5.41, 5.74) is 5.99. The van der Waals surface area contributed by atoms with E-state index in [0.29, 0.717) is 16.8 Å². The molecule has 6 heteroatoms. The van der Waals surface area contributed by atoms with E-state index in [9.17, 15) is 4.79 Å². The van der Waals surface area contributed by atoms with Crippen LogP contribution in [0.25, 0.3) is 11.1 Å². The number of hydrogen-bond acceptors (Lipinski definition) is 2. The van der Waals surface area contributed by atoms with Crippen LogP contribution in [-0.2, 0) is 12.8 Å². The van der Waals surface area contributed by atoms with Gasteiger partial charge in [-0.1, -0.05) is 30.3 Å². The second kappa shape index (κ2) is 8.58. The van der Waals surface area contributed by atoms with Crippen molar-refractivity contribution in [3.63, 3.8) is 0 Å². The van der Waals surface area contributed by atoms with Crippen LogP contribution in [0.4, 0.5) is 5.69 Å². The van der Waals surface area contributed by atoms with Crippen molar-refractivity contribution in [2.45, 2.75) is 25.7 Å². The summed E-state index contributed by atoms with van der Waals surface area (Å²) in [4.78, 5) is 13.0. The van der Waals surface area contributed by atoms with Crippen LogP contribution in [0.5, 0.6) is 0 Å². The third-order valence-corrected chi connectivity index (χ3v) is 5.28. The highest BCUT2D eigenvalue weighted by Crippen LogP contribution is 2.27. The summed E-state index contributed by atoms with van der Waals surface area (Å²) < 4.78 is 0. The number of nitrogens with two attached hydrogens (primary N) is 2. The Morgan fingerprint density at radius 2 is 1.90 bits per heavy atom. The van der Waals surface area contributed by atoms with Gasteiger partial charge in [0.15, 0.2) is 0 Å². The number of amidine groups is 1. The molecule has 0 fully saturated rings. The molecule has 1 aliphatic rings. The van der Waals surface area contributed by atoms with Crippen molar-refractivity contribution in [2.24, 2.45) is 16.2 Å². The van der Waals surface area contributed by atoms with E-state index in [1.54, 1.807) is 12.1 Å². The zero-order valence-electron chi connectivity index (χ0n) is 16.5. The number of rotatable bonds is 4. The monoisotopic (exact) mass is 396 g/mol. The van der Waals surface area contributed by atoms with E-state index in [0.717, 1.165) is 30.4 Å². The Kier molecular flexibility index (Phi) is 5.53. The molecule has 6 nitrogen and oxygen atoms in total. The molecule has 0 unspecified atom stereocenters. The first-order valence-electron chi connectivity index (χ1n) is 9.85. The van der Waals surface area contributed by atoms with Crippen LogP contribution in [0.1, 0.15) is 39.9 Å². The van der Waals surface area contributed by atoms with Crippen molar-refractivity contribution in [2.75, 3.05) is 5.32 Å². The molecule has 0 saturated carbocycles. The molecule has 1 aliphatic carbocycles. The van der Waals surface area contributed by atoms with Gasteiger partial charge in [-0.3, -0.25) is 16.0 Å². The van der Waals surface area contributed by atoms with Gasteiger partial charge in [0.05, 0.1) is 16.4 Å². The highest BCUT2D eigenvalue weighted by atomic mass is 16.1. The van der Waals surface area contributed by atoms with Crippen molar-refractivity contribution in [1.82, 2.24) is 0 Å². The zero-order chi connectivity index (χ0) is 20.9. The molecule has 0 spiro atoms. The zero-order valence-corrected chi connectivity index (χ0v) is 16.5. The summed E-state index contributed by atoms with van der Waals surface area (Å²) in [6.45, 7) is 0. The molecular formula is C24H22N5O+. The van der Waals surface area contributed by atoms with Gasteiger partial charge in [0.2, 0.25) is 0 Å². The minimum atomic E-state index is -0.206. The van der Waals surface area contributed by atoms with Crippen molar-refractivity contribution < 1.29 is 10.2 Å². The van der Waals surface area contributed by atoms with Crippen molar-refractivity contribution in [3.05, 3.63) is 89.0 Å². The maximum absolute atomic E-state index is 13.0. The standard InChI is InChI=1S/C24H21N5O/c25-23(28-29-26)21-13-12-19(16-6-2-1-3-7-16)15-22(21)27-24(30)20-11-10-17-8-4-5-9-18(17)14-20/h1-2,6,10-15H,4-5,8-9H2,(H,27,30)(H3,25,26,28)/p+1. The molecule has 30 heavy (non-hydrogen) atoms. The minimum absolute atomic E-state index is 0.119. The average Bonchev–Trinajstić information content (AvgIpc) is 2.79. The number of nitrogens with one attached hydrogen (secondary N) is 1. The van der Waals surface area contributed by atoms with Crippen LogP contribution < -0.4 is 16.6 Å². The number of nitrogens with zero attached hydrogens (tertiary/aromatic N) is 2. The lowest BCUT2D eigenvalue weighted by atomic mass is 9.90. The maximum Gasteiger partial charge on any atom is 0.353 e. The van der Waals surface area contributed by atoms with E-state index in [2.05, 4.69) is 33.9 Å². The van der Waals surface area contributed by atoms with Gasteiger partial charge < -0.3 is 5.32 Å².